The van der Waals surface area contributed by atoms with Crippen LogP contribution in [0.2, 0.25) is 0 Å². The van der Waals surface area contributed by atoms with Crippen molar-refractivity contribution in [3.8, 4) is 0 Å². The number of rotatable bonds is 4. The molecule has 1 saturated carbocycles. The van der Waals surface area contributed by atoms with Crippen LogP contribution in [0.1, 0.15) is 46.9 Å². The van der Waals surface area contributed by atoms with E-state index in [1.54, 1.807) is 0 Å². The number of anilines is 1. The number of H-pyrrole nitrogens is 1. The van der Waals surface area contributed by atoms with Crippen LogP contribution in [0.3, 0.4) is 0 Å². The molecule has 1 fully saturated rings. The third-order valence-corrected chi connectivity index (χ3v) is 4.06. The summed E-state index contributed by atoms with van der Waals surface area (Å²) < 4.78 is 27.6. The van der Waals surface area contributed by atoms with Gasteiger partial charge in [-0.15, -0.1) is 0 Å². The molecule has 3 aromatic heterocycles. The Labute approximate surface area is 139 Å². The Morgan fingerprint density at radius 2 is 2.20 bits per heavy atom. The van der Waals surface area contributed by atoms with Crippen LogP contribution in [0.25, 0.3) is 5.65 Å². The van der Waals surface area contributed by atoms with Gasteiger partial charge < -0.3 is 10.3 Å². The molecule has 0 unspecified atom stereocenters. The van der Waals surface area contributed by atoms with E-state index in [9.17, 15) is 18.4 Å². The van der Waals surface area contributed by atoms with Crippen molar-refractivity contribution in [3.05, 3.63) is 57.9 Å². The summed E-state index contributed by atoms with van der Waals surface area (Å²) in [6.45, 7) is 0. The molecule has 1 amide bonds. The number of nitrogens with zero attached hydrogens (tertiary/aromatic N) is 3. The number of hydrogen-bond donors (Lipinski definition) is 2. The van der Waals surface area contributed by atoms with Gasteiger partial charge in [-0.2, -0.15) is 5.10 Å². The van der Waals surface area contributed by atoms with E-state index >= 15 is 0 Å². The number of aromatic amines is 1. The van der Waals surface area contributed by atoms with Crippen molar-refractivity contribution in [1.82, 2.24) is 19.6 Å². The van der Waals surface area contributed by atoms with Crippen LogP contribution in [0.4, 0.5) is 14.5 Å². The Morgan fingerprint density at radius 3 is 2.88 bits per heavy atom. The molecule has 7 nitrogen and oxygen atoms in total. The highest BCUT2D eigenvalue weighted by molar-refractivity contribution is 6.08. The zero-order valence-electron chi connectivity index (χ0n) is 12.9. The summed E-state index contributed by atoms with van der Waals surface area (Å²) in [6.07, 6.45) is 3.00. The molecule has 128 valence electrons. The average molecular weight is 345 g/mol. The second-order valence-corrected chi connectivity index (χ2v) is 5.85. The highest BCUT2D eigenvalue weighted by atomic mass is 19.3. The maximum absolute atomic E-state index is 13.3. The van der Waals surface area contributed by atoms with E-state index in [-0.39, 0.29) is 33.9 Å². The van der Waals surface area contributed by atoms with Gasteiger partial charge in [-0.3, -0.25) is 9.59 Å². The minimum absolute atomic E-state index is 0.0349. The number of carbonyl (C=O) groups is 1. The number of fused-ring (bicyclic) bond motifs is 1. The Morgan fingerprint density at radius 1 is 1.40 bits per heavy atom. The topological polar surface area (TPSA) is 92.1 Å². The zero-order chi connectivity index (χ0) is 17.6. The van der Waals surface area contributed by atoms with E-state index in [0.29, 0.717) is 5.69 Å². The Hall–Kier alpha value is -3.10. The van der Waals surface area contributed by atoms with E-state index in [0.717, 1.165) is 17.4 Å². The minimum atomic E-state index is -2.74. The molecule has 3 aromatic rings. The molecule has 3 heterocycles. The summed E-state index contributed by atoms with van der Waals surface area (Å²) in [5.41, 5.74) is 0.0124. The van der Waals surface area contributed by atoms with Crippen molar-refractivity contribution >= 4 is 17.2 Å². The molecule has 0 aliphatic heterocycles. The molecule has 1 aliphatic carbocycles. The SMILES string of the molecule is O=C(Nc1c[nH]ccc1=O)c1cnn2c(C(F)F)cc(C3CC3)nc12. The molecule has 2 N–H and O–H groups in total. The van der Waals surface area contributed by atoms with Gasteiger partial charge in [-0.1, -0.05) is 0 Å². The number of aromatic nitrogens is 4. The Bertz CT molecular complexity index is 1020. The standard InChI is InChI=1S/C16H13F2N5O2/c17-14(18)12-5-10(8-1-2-8)21-15-9(6-20-23(12)15)16(25)22-11-7-19-4-3-13(11)24/h3-8,14H,1-2H2,(H,19,24)(H,22,25). The predicted molar refractivity (Wildman–Crippen MR) is 84.9 cm³/mol. The number of hydrogen-bond acceptors (Lipinski definition) is 4. The molecule has 1 aliphatic rings. The summed E-state index contributed by atoms with van der Waals surface area (Å²) in [5.74, 6) is -0.488. The van der Waals surface area contributed by atoms with Gasteiger partial charge in [0, 0.05) is 30.1 Å². The first-order chi connectivity index (χ1) is 12.0. The van der Waals surface area contributed by atoms with E-state index < -0.39 is 12.3 Å². The van der Waals surface area contributed by atoms with Gasteiger partial charge in [-0.25, -0.2) is 18.3 Å². The van der Waals surface area contributed by atoms with Gasteiger partial charge in [0.05, 0.1) is 6.20 Å². The van der Waals surface area contributed by atoms with Crippen molar-refractivity contribution in [2.24, 2.45) is 0 Å². The predicted octanol–water partition coefficient (Wildman–Crippen LogP) is 2.48. The molecule has 0 radical (unpaired) electrons. The minimum Gasteiger partial charge on any atom is -0.366 e. The van der Waals surface area contributed by atoms with Gasteiger partial charge in [-0.05, 0) is 18.9 Å². The van der Waals surface area contributed by atoms with Crippen LogP contribution in [-0.4, -0.2) is 25.5 Å². The maximum atomic E-state index is 13.3. The molecule has 0 spiro atoms. The van der Waals surface area contributed by atoms with Crippen LogP contribution in [0.5, 0.6) is 0 Å². The van der Waals surface area contributed by atoms with Gasteiger partial charge in [0.15, 0.2) is 5.65 Å². The van der Waals surface area contributed by atoms with Crippen molar-refractivity contribution < 1.29 is 13.6 Å². The fraction of sp³-hybridized carbons (Fsp3) is 0.250. The van der Waals surface area contributed by atoms with Crippen LogP contribution in [0, 0.1) is 0 Å². The van der Waals surface area contributed by atoms with Crippen LogP contribution in [-0.2, 0) is 0 Å². The Balaban J connectivity index is 1.78. The van der Waals surface area contributed by atoms with Gasteiger partial charge in [0.25, 0.3) is 12.3 Å². The molecular formula is C16H13F2N5O2. The lowest BCUT2D eigenvalue weighted by molar-refractivity contribution is 0.102. The fourth-order valence-electron chi connectivity index (χ4n) is 2.61. The van der Waals surface area contributed by atoms with Gasteiger partial charge in [0.2, 0.25) is 5.43 Å². The maximum Gasteiger partial charge on any atom is 0.280 e. The first kappa shape index (κ1) is 15.4. The highest BCUT2D eigenvalue weighted by Gasteiger charge is 2.29. The normalized spacial score (nSPS) is 14.2. The van der Waals surface area contributed by atoms with Crippen molar-refractivity contribution in [2.75, 3.05) is 5.32 Å². The molecule has 4 rings (SSSR count). The van der Waals surface area contributed by atoms with E-state index in [1.807, 2.05) is 0 Å². The van der Waals surface area contributed by atoms with Gasteiger partial charge >= 0.3 is 0 Å². The number of amides is 1. The molecular weight excluding hydrogens is 332 g/mol. The lowest BCUT2D eigenvalue weighted by atomic mass is 10.2. The summed E-state index contributed by atoms with van der Waals surface area (Å²) in [6, 6.07) is 2.61. The third kappa shape index (κ3) is 2.77. The quantitative estimate of drug-likeness (QED) is 0.760. The lowest BCUT2D eigenvalue weighted by Crippen LogP contribution is -2.18. The second kappa shape index (κ2) is 5.76. The van der Waals surface area contributed by atoms with Crippen LogP contribution < -0.4 is 10.7 Å². The second-order valence-electron chi connectivity index (χ2n) is 5.85. The van der Waals surface area contributed by atoms with Crippen LogP contribution >= 0.6 is 0 Å². The molecule has 0 aromatic carbocycles. The van der Waals surface area contributed by atoms with Crippen molar-refractivity contribution in [2.45, 2.75) is 25.2 Å². The molecule has 0 bridgehead atoms. The zero-order valence-corrected chi connectivity index (χ0v) is 12.9. The van der Waals surface area contributed by atoms with E-state index in [1.165, 1.54) is 30.7 Å². The lowest BCUT2D eigenvalue weighted by Gasteiger charge is -2.08. The first-order valence-corrected chi connectivity index (χ1v) is 7.70. The highest BCUT2D eigenvalue weighted by Crippen LogP contribution is 2.40. The fourth-order valence-corrected chi connectivity index (χ4v) is 2.61. The average Bonchev–Trinajstić information content (AvgIpc) is 3.35. The van der Waals surface area contributed by atoms with E-state index in [2.05, 4.69) is 20.4 Å². The summed E-state index contributed by atoms with van der Waals surface area (Å²) in [4.78, 5) is 31.2. The van der Waals surface area contributed by atoms with Crippen molar-refractivity contribution in [3.63, 3.8) is 0 Å². The molecule has 0 saturated heterocycles. The number of carbonyl (C=O) groups excluding carboxylic acids is 1. The largest absolute Gasteiger partial charge is 0.366 e. The number of nitrogens with one attached hydrogen (secondary N) is 2. The Kier molecular flexibility index (Phi) is 3.56. The number of halogens is 2. The monoisotopic (exact) mass is 345 g/mol. The van der Waals surface area contributed by atoms with E-state index in [4.69, 9.17) is 0 Å². The smallest absolute Gasteiger partial charge is 0.280 e. The first-order valence-electron chi connectivity index (χ1n) is 7.70. The van der Waals surface area contributed by atoms with Crippen LogP contribution in [0.15, 0.2) is 35.5 Å². The number of alkyl halides is 2. The number of pyridine rings is 1. The summed E-state index contributed by atoms with van der Waals surface area (Å²) in [7, 11) is 0. The van der Waals surface area contributed by atoms with Gasteiger partial charge in [0.1, 0.15) is 16.9 Å². The molecule has 9 heteroatoms. The summed E-state index contributed by atoms with van der Waals surface area (Å²) in [5, 5.41) is 6.33. The third-order valence-electron chi connectivity index (χ3n) is 4.06. The summed E-state index contributed by atoms with van der Waals surface area (Å²) >= 11 is 0. The molecule has 0 atom stereocenters. The molecule has 25 heavy (non-hydrogen) atoms. The van der Waals surface area contributed by atoms with Crippen molar-refractivity contribution in [1.29, 1.82) is 0 Å².